The highest BCUT2D eigenvalue weighted by Gasteiger charge is 2.36. The standard InChI is InChI=1S/C23H30F3N7O3/c1-14(30-18-12-29-31-20(34)15(18)2)13-36-19-4-3-7-33(21(19)35)17-5-8-32(9-6-17)22-27-10-16(11-28-22)23(24,25)26/h10-12,14,17,19H,3-9,13H2,1-2H3,(H2,30,31,34)/t14-,19+/m0/s1. The zero-order chi connectivity index (χ0) is 25.9. The van der Waals surface area contributed by atoms with E-state index < -0.39 is 17.8 Å². The van der Waals surface area contributed by atoms with Gasteiger partial charge in [0.2, 0.25) is 5.95 Å². The summed E-state index contributed by atoms with van der Waals surface area (Å²) in [5, 5.41) is 9.38. The molecule has 4 rings (SSSR count). The van der Waals surface area contributed by atoms with E-state index >= 15 is 0 Å². The molecule has 0 radical (unpaired) electrons. The minimum atomic E-state index is -4.47. The molecule has 0 aliphatic carbocycles. The molecule has 2 fully saturated rings. The summed E-state index contributed by atoms with van der Waals surface area (Å²) in [6, 6.07) is -0.0997. The minimum Gasteiger partial charge on any atom is -0.379 e. The molecule has 2 saturated heterocycles. The van der Waals surface area contributed by atoms with Crippen LogP contribution in [-0.2, 0) is 15.7 Å². The Hall–Kier alpha value is -3.22. The molecule has 2 aliphatic heterocycles. The highest BCUT2D eigenvalue weighted by molar-refractivity contribution is 5.82. The summed E-state index contributed by atoms with van der Waals surface area (Å²) in [5.74, 6) is 0.228. The Morgan fingerprint density at radius 2 is 1.83 bits per heavy atom. The molecule has 0 saturated carbocycles. The van der Waals surface area contributed by atoms with E-state index in [1.807, 2.05) is 16.7 Å². The topological polar surface area (TPSA) is 116 Å². The van der Waals surface area contributed by atoms with E-state index in [0.29, 0.717) is 56.8 Å². The van der Waals surface area contributed by atoms with Gasteiger partial charge < -0.3 is 19.9 Å². The number of carbonyl (C=O) groups excluding carboxylic acids is 1. The molecule has 2 aliphatic rings. The zero-order valence-corrected chi connectivity index (χ0v) is 20.2. The minimum absolute atomic E-state index is 0.0355. The number of rotatable bonds is 7. The molecule has 36 heavy (non-hydrogen) atoms. The van der Waals surface area contributed by atoms with Gasteiger partial charge in [-0.2, -0.15) is 18.3 Å². The number of piperidine rings is 2. The first-order valence-electron chi connectivity index (χ1n) is 12.0. The number of anilines is 2. The Balaban J connectivity index is 1.27. The first kappa shape index (κ1) is 25.9. The van der Waals surface area contributed by atoms with Crippen molar-refractivity contribution in [1.82, 2.24) is 25.1 Å². The number of aromatic amines is 1. The lowest BCUT2D eigenvalue weighted by molar-refractivity contribution is -0.151. The molecule has 13 heteroatoms. The van der Waals surface area contributed by atoms with E-state index in [0.717, 1.165) is 18.8 Å². The van der Waals surface area contributed by atoms with Crippen molar-refractivity contribution in [3.8, 4) is 0 Å². The summed E-state index contributed by atoms with van der Waals surface area (Å²) in [7, 11) is 0. The normalized spacial score (nSPS) is 20.5. The Morgan fingerprint density at radius 3 is 2.50 bits per heavy atom. The van der Waals surface area contributed by atoms with Gasteiger partial charge in [-0.05, 0) is 39.5 Å². The number of hydrogen-bond acceptors (Lipinski definition) is 8. The summed E-state index contributed by atoms with van der Waals surface area (Å²) in [6.07, 6.45) is 0.973. The molecule has 10 nitrogen and oxygen atoms in total. The molecule has 0 bridgehead atoms. The highest BCUT2D eigenvalue weighted by Crippen LogP contribution is 2.29. The quantitative estimate of drug-likeness (QED) is 0.585. The van der Waals surface area contributed by atoms with Gasteiger partial charge in [0.25, 0.3) is 11.5 Å². The van der Waals surface area contributed by atoms with Gasteiger partial charge in [-0.15, -0.1) is 0 Å². The van der Waals surface area contributed by atoms with E-state index in [-0.39, 0.29) is 29.5 Å². The summed E-state index contributed by atoms with van der Waals surface area (Å²) >= 11 is 0. The Labute approximate surface area is 206 Å². The maximum absolute atomic E-state index is 13.2. The number of aromatic nitrogens is 4. The van der Waals surface area contributed by atoms with Crippen LogP contribution in [0, 0.1) is 6.92 Å². The lowest BCUT2D eigenvalue weighted by Crippen LogP contribution is -2.54. The van der Waals surface area contributed by atoms with Crippen LogP contribution in [0.25, 0.3) is 0 Å². The van der Waals surface area contributed by atoms with Crippen LogP contribution in [0.3, 0.4) is 0 Å². The van der Waals surface area contributed by atoms with Gasteiger partial charge in [0.15, 0.2) is 0 Å². The van der Waals surface area contributed by atoms with Gasteiger partial charge in [0.05, 0.1) is 24.1 Å². The number of nitrogens with zero attached hydrogens (tertiary/aromatic N) is 5. The van der Waals surface area contributed by atoms with Crippen molar-refractivity contribution < 1.29 is 22.7 Å². The monoisotopic (exact) mass is 509 g/mol. The lowest BCUT2D eigenvalue weighted by atomic mass is 9.98. The van der Waals surface area contributed by atoms with Gasteiger partial charge in [-0.25, -0.2) is 15.1 Å². The number of likely N-dealkylation sites (tertiary alicyclic amines) is 1. The molecular weight excluding hydrogens is 479 g/mol. The van der Waals surface area contributed by atoms with Crippen molar-refractivity contribution in [3.63, 3.8) is 0 Å². The number of alkyl halides is 3. The van der Waals surface area contributed by atoms with Gasteiger partial charge in [0.1, 0.15) is 6.10 Å². The molecule has 196 valence electrons. The van der Waals surface area contributed by atoms with Crippen molar-refractivity contribution in [3.05, 3.63) is 40.1 Å². The number of ether oxygens (including phenoxy) is 1. The van der Waals surface area contributed by atoms with Crippen molar-refractivity contribution in [2.45, 2.75) is 63.9 Å². The van der Waals surface area contributed by atoms with E-state index in [2.05, 4.69) is 25.5 Å². The number of carbonyl (C=O) groups is 1. The second-order valence-electron chi connectivity index (χ2n) is 9.27. The Kier molecular flexibility index (Phi) is 7.76. The fraction of sp³-hybridized carbons (Fsp3) is 0.609. The second kappa shape index (κ2) is 10.8. The largest absolute Gasteiger partial charge is 0.419 e. The molecule has 0 spiro atoms. The molecule has 1 amide bonds. The van der Waals surface area contributed by atoms with E-state index in [4.69, 9.17) is 4.74 Å². The lowest BCUT2D eigenvalue weighted by Gasteiger charge is -2.42. The summed E-state index contributed by atoms with van der Waals surface area (Å²) < 4.78 is 44.2. The van der Waals surface area contributed by atoms with Crippen molar-refractivity contribution in [1.29, 1.82) is 0 Å². The maximum Gasteiger partial charge on any atom is 0.419 e. The zero-order valence-electron chi connectivity index (χ0n) is 20.2. The average Bonchev–Trinajstić information content (AvgIpc) is 2.86. The van der Waals surface area contributed by atoms with Crippen LogP contribution >= 0.6 is 0 Å². The predicted octanol–water partition coefficient (Wildman–Crippen LogP) is 2.36. The third-order valence-electron chi connectivity index (χ3n) is 6.63. The fourth-order valence-electron chi connectivity index (χ4n) is 4.56. The molecule has 4 heterocycles. The van der Waals surface area contributed by atoms with Crippen LogP contribution in [0.2, 0.25) is 0 Å². The maximum atomic E-state index is 13.2. The van der Waals surface area contributed by atoms with E-state index in [1.54, 1.807) is 13.1 Å². The molecule has 0 unspecified atom stereocenters. The first-order chi connectivity index (χ1) is 17.1. The number of nitrogens with one attached hydrogen (secondary N) is 2. The first-order valence-corrected chi connectivity index (χ1v) is 12.0. The van der Waals surface area contributed by atoms with Crippen LogP contribution in [-0.4, -0.2) is 75.4 Å². The summed E-state index contributed by atoms with van der Waals surface area (Å²) in [4.78, 5) is 36.4. The summed E-state index contributed by atoms with van der Waals surface area (Å²) in [5.41, 5.74) is 0.0158. The van der Waals surface area contributed by atoms with E-state index in [9.17, 15) is 22.8 Å². The fourth-order valence-corrected chi connectivity index (χ4v) is 4.56. The van der Waals surface area contributed by atoms with Crippen LogP contribution in [0.1, 0.15) is 43.7 Å². The number of hydrogen-bond donors (Lipinski definition) is 2. The van der Waals surface area contributed by atoms with Gasteiger partial charge in [-0.1, -0.05) is 0 Å². The molecule has 2 aromatic heterocycles. The third-order valence-corrected chi connectivity index (χ3v) is 6.63. The summed E-state index contributed by atoms with van der Waals surface area (Å²) in [6.45, 7) is 5.66. The number of H-pyrrole nitrogens is 1. The molecular formula is C23H30F3N7O3. The number of amides is 1. The van der Waals surface area contributed by atoms with Crippen LogP contribution in [0.4, 0.5) is 24.8 Å². The Bertz CT molecular complexity index is 1100. The highest BCUT2D eigenvalue weighted by atomic mass is 19.4. The molecule has 2 atom stereocenters. The molecule has 2 N–H and O–H groups in total. The average molecular weight is 510 g/mol. The van der Waals surface area contributed by atoms with Crippen LogP contribution < -0.4 is 15.8 Å². The second-order valence-corrected chi connectivity index (χ2v) is 9.27. The van der Waals surface area contributed by atoms with Crippen LogP contribution in [0.5, 0.6) is 0 Å². The molecule has 2 aromatic rings. The molecule has 0 aromatic carbocycles. The van der Waals surface area contributed by atoms with Gasteiger partial charge in [0, 0.05) is 49.7 Å². The third kappa shape index (κ3) is 5.94. The predicted molar refractivity (Wildman–Crippen MR) is 126 cm³/mol. The van der Waals surface area contributed by atoms with Crippen LogP contribution in [0.15, 0.2) is 23.4 Å². The van der Waals surface area contributed by atoms with E-state index in [1.165, 1.54) is 0 Å². The SMILES string of the molecule is Cc1c(N[C@@H](C)CO[C@@H]2CCCN(C3CCN(c4ncc(C(F)(F)F)cn4)CC3)C2=O)cn[nH]c1=O. The number of halogens is 3. The van der Waals surface area contributed by atoms with Crippen molar-refractivity contribution >= 4 is 17.5 Å². The smallest absolute Gasteiger partial charge is 0.379 e. The van der Waals surface area contributed by atoms with Gasteiger partial charge in [-0.3, -0.25) is 9.59 Å². The van der Waals surface area contributed by atoms with Crippen molar-refractivity contribution in [2.24, 2.45) is 0 Å². The van der Waals surface area contributed by atoms with Gasteiger partial charge >= 0.3 is 6.18 Å². The Morgan fingerprint density at radius 1 is 1.14 bits per heavy atom. The van der Waals surface area contributed by atoms with Crippen molar-refractivity contribution in [2.75, 3.05) is 36.5 Å².